The molecule has 0 aliphatic heterocycles. The molecule has 14 heteroatoms. The van der Waals surface area contributed by atoms with Gasteiger partial charge in [0, 0.05) is 16.7 Å². The van der Waals surface area contributed by atoms with Gasteiger partial charge in [0.15, 0.2) is 0 Å². The van der Waals surface area contributed by atoms with Crippen LogP contribution in [-0.4, -0.2) is 95.1 Å². The molecule has 0 spiro atoms. The van der Waals surface area contributed by atoms with Crippen LogP contribution in [0, 0.1) is 0 Å². The average molecular weight is 696 g/mol. The molecule has 0 aromatic carbocycles. The maximum Gasteiger partial charge on any atom is 0.333 e. The number of hydrogen-bond acceptors (Lipinski definition) is 10. The van der Waals surface area contributed by atoms with E-state index in [4.69, 9.17) is 33.5 Å². The first-order chi connectivity index (χ1) is 20.7. The van der Waals surface area contributed by atoms with Crippen LogP contribution < -0.4 is 29.4 Å². The molecule has 13 nitrogen and oxygen atoms in total. The Balaban J connectivity index is -0.000000275. The van der Waals surface area contributed by atoms with Gasteiger partial charge in [-0.25, -0.2) is 14.4 Å². The van der Waals surface area contributed by atoms with Gasteiger partial charge >= 0.3 is 17.9 Å². The summed E-state index contributed by atoms with van der Waals surface area (Å²) < 4.78 is 23.6. The highest BCUT2D eigenvalue weighted by atomic mass is 31.2. The lowest BCUT2D eigenvalue weighted by molar-refractivity contribution is -0.928. The lowest BCUT2D eigenvalue weighted by Gasteiger charge is -2.36. The molecule has 0 rings (SSSR count). The fraction of sp³-hybridized carbons (Fsp3) is 0.727. The molecule has 0 aliphatic carbocycles. The van der Waals surface area contributed by atoms with Crippen molar-refractivity contribution >= 4 is 25.7 Å². The fourth-order valence-corrected chi connectivity index (χ4v) is 2.39. The van der Waals surface area contributed by atoms with Gasteiger partial charge in [-0.05, 0) is 83.1 Å². The third kappa shape index (κ3) is 36.3. The van der Waals surface area contributed by atoms with Crippen molar-refractivity contribution in [2.75, 3.05) is 60.6 Å². The van der Waals surface area contributed by atoms with Crippen LogP contribution in [-0.2, 0) is 33.2 Å². The first-order valence-electron chi connectivity index (χ1n) is 15.4. The topological polar surface area (TPSA) is 178 Å². The number of ether oxygens (including phenoxy) is 3. The van der Waals surface area contributed by atoms with E-state index in [1.54, 1.807) is 20.8 Å². The van der Waals surface area contributed by atoms with E-state index in [1.165, 1.54) is 14.7 Å². The van der Waals surface area contributed by atoms with Crippen molar-refractivity contribution in [3.8, 4) is 0 Å². The van der Waals surface area contributed by atoms with Crippen LogP contribution in [0.25, 0.3) is 0 Å². The Morgan fingerprint density at radius 1 is 0.532 bits per heavy atom. The molecule has 47 heavy (non-hydrogen) atoms. The van der Waals surface area contributed by atoms with Crippen molar-refractivity contribution in [2.45, 2.75) is 99.7 Å². The maximum absolute atomic E-state index is 11.0. The van der Waals surface area contributed by atoms with Crippen LogP contribution in [0.2, 0.25) is 0 Å². The van der Waals surface area contributed by atoms with Gasteiger partial charge in [0.05, 0.1) is 37.8 Å². The molecule has 0 saturated carbocycles. The van der Waals surface area contributed by atoms with Gasteiger partial charge in [-0.15, -0.1) is 0 Å². The Morgan fingerprint density at radius 3 is 0.787 bits per heavy atom. The third-order valence-corrected chi connectivity index (χ3v) is 7.02. The first-order valence-corrected chi connectivity index (χ1v) is 16.9. The van der Waals surface area contributed by atoms with E-state index in [9.17, 15) is 14.4 Å². The van der Waals surface area contributed by atoms with E-state index >= 15 is 0 Å². The zero-order valence-corrected chi connectivity index (χ0v) is 32.8. The van der Waals surface area contributed by atoms with Gasteiger partial charge in [0.25, 0.3) is 0 Å². The van der Waals surface area contributed by atoms with E-state index in [-0.39, 0.29) is 34.5 Å². The molecule has 0 aromatic heterocycles. The predicted octanol–water partition coefficient (Wildman–Crippen LogP) is -1.57. The molecular weight excluding hydrogens is 629 g/mol. The monoisotopic (exact) mass is 695 g/mol. The number of carbonyl (C=O) groups is 3. The molecule has 3 atom stereocenters. The van der Waals surface area contributed by atoms with Gasteiger partial charge in [0.2, 0.25) is 0 Å². The van der Waals surface area contributed by atoms with E-state index in [2.05, 4.69) is 103 Å². The molecule has 0 bridgehead atoms. The number of nitrogens with one attached hydrogen (secondary N) is 3. The van der Waals surface area contributed by atoms with Crippen molar-refractivity contribution in [3.63, 3.8) is 0 Å². The number of quaternary nitrogens is 3. The lowest BCUT2D eigenvalue weighted by atomic mass is 10.1. The van der Waals surface area contributed by atoms with Crippen molar-refractivity contribution in [2.24, 2.45) is 0 Å². The van der Waals surface area contributed by atoms with Gasteiger partial charge < -0.3 is 48.2 Å². The summed E-state index contributed by atoms with van der Waals surface area (Å²) in [5.74, 6) is -0.898. The number of likely N-dealkylation sites (N-methyl/N-ethyl adjacent to an activating group) is 3. The molecule has 0 radical (unpaired) electrons. The van der Waals surface area contributed by atoms with Gasteiger partial charge in [0.1, 0.15) is 39.5 Å². The maximum atomic E-state index is 11.0. The van der Waals surface area contributed by atoms with Crippen LogP contribution in [0.1, 0.15) is 83.1 Å². The van der Waals surface area contributed by atoms with Gasteiger partial charge in [-0.3, -0.25) is 0 Å². The summed E-state index contributed by atoms with van der Waals surface area (Å²) in [5, 5.41) is 0. The summed E-state index contributed by atoms with van der Waals surface area (Å²) in [7, 11) is 0.887. The quantitative estimate of drug-likeness (QED) is 0.0936. The lowest BCUT2D eigenvalue weighted by Crippen LogP contribution is -3.16. The zero-order chi connectivity index (χ0) is 38.6. The number of rotatable bonds is 12. The largest absolute Gasteiger partial charge is 0.822 e. The second-order valence-electron chi connectivity index (χ2n) is 14.5. The van der Waals surface area contributed by atoms with Crippen LogP contribution in [0.3, 0.4) is 0 Å². The van der Waals surface area contributed by atoms with Crippen molar-refractivity contribution in [3.05, 3.63) is 36.5 Å². The Bertz CT molecular complexity index is 912. The second-order valence-corrected chi connectivity index (χ2v) is 15.4. The molecule has 3 N–H and O–H groups in total. The molecule has 0 fully saturated rings. The highest BCUT2D eigenvalue weighted by molar-refractivity contribution is 7.40. The summed E-state index contributed by atoms with van der Waals surface area (Å²) in [6.07, 6.45) is 0. The molecule has 278 valence electrons. The second kappa shape index (κ2) is 23.9. The zero-order valence-electron chi connectivity index (χ0n) is 31.9. The predicted molar refractivity (Wildman–Crippen MR) is 179 cm³/mol. The van der Waals surface area contributed by atoms with Crippen LogP contribution >= 0.6 is 7.82 Å². The Kier molecular flexibility index (Phi) is 26.1. The molecular formula is C33H66N3O10P. The fourth-order valence-electron chi connectivity index (χ4n) is 2.39. The normalized spacial score (nSPS) is 13.3. The molecule has 0 saturated heterocycles. The summed E-state index contributed by atoms with van der Waals surface area (Å²) in [5.41, 5.74) is 1.94. The summed E-state index contributed by atoms with van der Waals surface area (Å²) in [6, 6.07) is 0. The number of phosphoric acid groups is 1. The van der Waals surface area contributed by atoms with Crippen molar-refractivity contribution < 1.29 is 62.5 Å². The number of carbonyl (C=O) groups excluding carboxylic acids is 3. The van der Waals surface area contributed by atoms with Crippen LogP contribution in [0.15, 0.2) is 36.5 Å². The SMILES string of the molecule is C=C(C)C(=O)OCC[NH+](C)C(C)(C)C.C=C(C)C(=O)OCC[NH+](C)C(C)(C)C.C=C(C)C(=O)OCC[NH+](C)C(C)(C)C.O=P([O-])([O-])[O-]. The molecule has 3 unspecified atom stereocenters. The van der Waals surface area contributed by atoms with E-state index < -0.39 is 7.82 Å². The molecule has 0 amide bonds. The van der Waals surface area contributed by atoms with Gasteiger partial charge in [-0.1, -0.05) is 19.7 Å². The minimum Gasteiger partial charge on any atom is -0.822 e. The van der Waals surface area contributed by atoms with E-state index in [1.807, 2.05) is 0 Å². The highest BCUT2D eigenvalue weighted by Gasteiger charge is 2.22. The first kappa shape index (κ1) is 51.5. The number of hydrogen-bond donors (Lipinski definition) is 3. The van der Waals surface area contributed by atoms with Crippen LogP contribution in [0.4, 0.5) is 0 Å². The summed E-state index contributed by atoms with van der Waals surface area (Å²) in [4.78, 5) is 62.8. The van der Waals surface area contributed by atoms with Crippen molar-refractivity contribution in [1.29, 1.82) is 0 Å². The number of esters is 3. The van der Waals surface area contributed by atoms with Gasteiger partial charge in [-0.2, -0.15) is 7.82 Å². The summed E-state index contributed by atoms with van der Waals surface area (Å²) in [6.45, 7) is 38.8. The van der Waals surface area contributed by atoms with Crippen LogP contribution in [0.5, 0.6) is 0 Å². The Labute approximate surface area is 284 Å². The summed E-state index contributed by atoms with van der Waals surface area (Å²) >= 11 is 0. The third-order valence-electron chi connectivity index (χ3n) is 7.02. The Morgan fingerprint density at radius 2 is 0.681 bits per heavy atom. The molecule has 0 heterocycles. The minimum absolute atomic E-state index is 0.190. The standard InChI is InChI=1S/3C11H21NO2.H3O4P/c3*1-9(2)10(13)14-8-7-12(6)11(3,4)5;1-5(2,3)4/h3*1,7-8H2,2-6H3;(H3,1,2,3,4). The smallest absolute Gasteiger partial charge is 0.333 e. The highest BCUT2D eigenvalue weighted by Crippen LogP contribution is 2.03. The van der Waals surface area contributed by atoms with Crippen molar-refractivity contribution in [1.82, 2.24) is 0 Å². The average Bonchev–Trinajstić information content (AvgIpc) is 2.86. The molecule has 0 aromatic rings. The molecule has 0 aliphatic rings. The Hall–Kier alpha value is -2.38. The minimum atomic E-state index is -5.39. The van der Waals surface area contributed by atoms with E-state index in [0.29, 0.717) is 36.5 Å². The van der Waals surface area contributed by atoms with E-state index in [0.717, 1.165) is 19.6 Å².